The highest BCUT2D eigenvalue weighted by molar-refractivity contribution is 5.91. The second-order valence-electron chi connectivity index (χ2n) is 6.88. The maximum atomic E-state index is 12.8. The minimum absolute atomic E-state index is 0.0518. The van der Waals surface area contributed by atoms with Gasteiger partial charge in [-0.2, -0.15) is 18.3 Å². The first-order chi connectivity index (χ1) is 12.8. The van der Waals surface area contributed by atoms with Crippen molar-refractivity contribution >= 4 is 11.6 Å². The SMILES string of the molecule is C[C@H]1CCCC[C@@H]1OCC(=O)Nc1cnn(-c2cccc(C(F)(F)F)c2)c1. The van der Waals surface area contributed by atoms with Gasteiger partial charge in [0.15, 0.2) is 0 Å². The molecule has 1 fully saturated rings. The third-order valence-corrected chi connectivity index (χ3v) is 4.77. The van der Waals surface area contributed by atoms with Gasteiger partial charge in [-0.15, -0.1) is 0 Å². The van der Waals surface area contributed by atoms with Crippen LogP contribution in [-0.4, -0.2) is 28.4 Å². The summed E-state index contributed by atoms with van der Waals surface area (Å²) in [6.45, 7) is 2.07. The summed E-state index contributed by atoms with van der Waals surface area (Å²) in [6, 6.07) is 4.84. The number of hydrogen-bond donors (Lipinski definition) is 1. The monoisotopic (exact) mass is 381 g/mol. The predicted octanol–water partition coefficient (Wildman–Crippen LogP) is 4.42. The highest BCUT2D eigenvalue weighted by Crippen LogP contribution is 2.30. The van der Waals surface area contributed by atoms with Gasteiger partial charge in [0.2, 0.25) is 5.91 Å². The van der Waals surface area contributed by atoms with Crippen LogP contribution < -0.4 is 5.32 Å². The molecule has 146 valence electrons. The van der Waals surface area contributed by atoms with E-state index in [1.54, 1.807) is 0 Å². The third-order valence-electron chi connectivity index (χ3n) is 4.77. The van der Waals surface area contributed by atoms with Gasteiger partial charge in [-0.05, 0) is 37.0 Å². The number of hydrogen-bond acceptors (Lipinski definition) is 3. The Balaban J connectivity index is 1.58. The van der Waals surface area contributed by atoms with Crippen molar-refractivity contribution in [2.45, 2.75) is 44.9 Å². The van der Waals surface area contributed by atoms with E-state index < -0.39 is 11.7 Å². The van der Waals surface area contributed by atoms with E-state index in [2.05, 4.69) is 17.3 Å². The molecule has 1 aliphatic carbocycles. The van der Waals surface area contributed by atoms with Gasteiger partial charge in [0.25, 0.3) is 0 Å². The zero-order chi connectivity index (χ0) is 19.4. The van der Waals surface area contributed by atoms with Crippen LogP contribution in [-0.2, 0) is 15.7 Å². The first-order valence-electron chi connectivity index (χ1n) is 8.96. The van der Waals surface area contributed by atoms with E-state index in [4.69, 9.17) is 4.74 Å². The maximum absolute atomic E-state index is 12.8. The molecular formula is C19H22F3N3O2. The van der Waals surface area contributed by atoms with Gasteiger partial charge >= 0.3 is 6.18 Å². The molecule has 2 aromatic rings. The van der Waals surface area contributed by atoms with Crippen LogP contribution in [0.1, 0.15) is 38.2 Å². The zero-order valence-corrected chi connectivity index (χ0v) is 15.0. The first kappa shape index (κ1) is 19.4. The van der Waals surface area contributed by atoms with Gasteiger partial charge in [-0.1, -0.05) is 25.8 Å². The summed E-state index contributed by atoms with van der Waals surface area (Å²) in [7, 11) is 0. The molecule has 8 heteroatoms. The summed E-state index contributed by atoms with van der Waals surface area (Å²) < 4.78 is 45.5. The molecule has 27 heavy (non-hydrogen) atoms. The zero-order valence-electron chi connectivity index (χ0n) is 15.0. The van der Waals surface area contributed by atoms with Crippen molar-refractivity contribution in [3.05, 3.63) is 42.2 Å². The molecule has 0 aliphatic heterocycles. The molecule has 1 saturated carbocycles. The third kappa shape index (κ3) is 5.09. The van der Waals surface area contributed by atoms with Crippen molar-refractivity contribution in [3.63, 3.8) is 0 Å². The highest BCUT2D eigenvalue weighted by atomic mass is 19.4. The molecule has 1 heterocycles. The number of halogens is 3. The summed E-state index contributed by atoms with van der Waals surface area (Å²) in [5.41, 5.74) is -0.0913. The predicted molar refractivity (Wildman–Crippen MR) is 94.6 cm³/mol. The van der Waals surface area contributed by atoms with Crippen molar-refractivity contribution in [2.75, 3.05) is 11.9 Å². The minimum Gasteiger partial charge on any atom is -0.368 e. The Bertz CT molecular complexity index is 789. The number of nitrogens with zero attached hydrogens (tertiary/aromatic N) is 2. The van der Waals surface area contributed by atoms with Crippen LogP contribution in [0.5, 0.6) is 0 Å². The average Bonchev–Trinajstić information content (AvgIpc) is 3.09. The van der Waals surface area contributed by atoms with Crippen LogP contribution in [0.4, 0.5) is 18.9 Å². The maximum Gasteiger partial charge on any atom is 0.416 e. The van der Waals surface area contributed by atoms with Crippen molar-refractivity contribution in [1.82, 2.24) is 9.78 Å². The molecular weight excluding hydrogens is 359 g/mol. The number of rotatable bonds is 5. The topological polar surface area (TPSA) is 56.1 Å². The van der Waals surface area contributed by atoms with E-state index in [1.165, 1.54) is 35.6 Å². The molecule has 2 atom stereocenters. The van der Waals surface area contributed by atoms with Crippen molar-refractivity contribution in [3.8, 4) is 5.69 Å². The van der Waals surface area contributed by atoms with Crippen LogP contribution in [0.3, 0.4) is 0 Å². The van der Waals surface area contributed by atoms with Gasteiger partial charge in [-0.3, -0.25) is 4.79 Å². The molecule has 1 aromatic heterocycles. The molecule has 3 rings (SSSR count). The number of ether oxygens (including phenoxy) is 1. The van der Waals surface area contributed by atoms with Crippen LogP contribution in [0.2, 0.25) is 0 Å². The lowest BCUT2D eigenvalue weighted by molar-refractivity contribution is -0.137. The Morgan fingerprint density at radius 1 is 1.33 bits per heavy atom. The van der Waals surface area contributed by atoms with Crippen LogP contribution in [0, 0.1) is 5.92 Å². The van der Waals surface area contributed by atoms with E-state index in [0.717, 1.165) is 31.4 Å². The van der Waals surface area contributed by atoms with Gasteiger partial charge in [-0.25, -0.2) is 4.68 Å². The van der Waals surface area contributed by atoms with E-state index in [9.17, 15) is 18.0 Å². The molecule has 5 nitrogen and oxygen atoms in total. The fraction of sp³-hybridized carbons (Fsp3) is 0.474. The minimum atomic E-state index is -4.42. The van der Waals surface area contributed by atoms with Crippen LogP contribution in [0.25, 0.3) is 5.69 Å². The number of anilines is 1. The van der Waals surface area contributed by atoms with Crippen molar-refractivity contribution in [1.29, 1.82) is 0 Å². The smallest absolute Gasteiger partial charge is 0.368 e. The summed E-state index contributed by atoms with van der Waals surface area (Å²) in [5.74, 6) is 0.131. The van der Waals surface area contributed by atoms with E-state index in [1.807, 2.05) is 0 Å². The Hall–Kier alpha value is -2.35. The number of carbonyl (C=O) groups excluding carboxylic acids is 1. The van der Waals surface area contributed by atoms with E-state index in [-0.39, 0.29) is 24.3 Å². The average molecular weight is 381 g/mol. The summed E-state index contributed by atoms with van der Waals surface area (Å²) >= 11 is 0. The number of aromatic nitrogens is 2. The first-order valence-corrected chi connectivity index (χ1v) is 8.96. The van der Waals surface area contributed by atoms with Crippen LogP contribution in [0.15, 0.2) is 36.7 Å². The van der Waals surface area contributed by atoms with Gasteiger partial charge < -0.3 is 10.1 Å². The largest absolute Gasteiger partial charge is 0.416 e. The fourth-order valence-electron chi connectivity index (χ4n) is 3.26. The Kier molecular flexibility index (Phi) is 5.84. The number of carbonyl (C=O) groups is 1. The number of alkyl halides is 3. The second-order valence-corrected chi connectivity index (χ2v) is 6.88. The number of nitrogens with one attached hydrogen (secondary N) is 1. The summed E-state index contributed by atoms with van der Waals surface area (Å²) in [5, 5.41) is 6.68. The van der Waals surface area contributed by atoms with Gasteiger partial charge in [0, 0.05) is 0 Å². The molecule has 1 aliphatic rings. The summed E-state index contributed by atoms with van der Waals surface area (Å²) in [4.78, 5) is 12.1. The van der Waals surface area contributed by atoms with E-state index >= 15 is 0 Å². The molecule has 1 amide bonds. The molecule has 0 radical (unpaired) electrons. The van der Waals surface area contributed by atoms with Gasteiger partial charge in [0.05, 0.1) is 35.4 Å². The Labute approximate surface area is 155 Å². The Morgan fingerprint density at radius 3 is 2.85 bits per heavy atom. The van der Waals surface area contributed by atoms with Crippen molar-refractivity contribution < 1.29 is 22.7 Å². The fourth-order valence-corrected chi connectivity index (χ4v) is 3.26. The number of benzene rings is 1. The van der Waals surface area contributed by atoms with Crippen LogP contribution >= 0.6 is 0 Å². The molecule has 0 bridgehead atoms. The Morgan fingerprint density at radius 2 is 2.11 bits per heavy atom. The molecule has 0 unspecified atom stereocenters. The number of amides is 1. The second kappa shape index (κ2) is 8.12. The summed E-state index contributed by atoms with van der Waals surface area (Å²) in [6.07, 6.45) is 2.91. The highest BCUT2D eigenvalue weighted by Gasteiger charge is 2.30. The molecule has 0 saturated heterocycles. The van der Waals surface area contributed by atoms with E-state index in [0.29, 0.717) is 11.6 Å². The van der Waals surface area contributed by atoms with Gasteiger partial charge in [0.1, 0.15) is 6.61 Å². The quantitative estimate of drug-likeness (QED) is 0.834. The lowest BCUT2D eigenvalue weighted by atomic mass is 9.88. The van der Waals surface area contributed by atoms with Crippen molar-refractivity contribution in [2.24, 2.45) is 5.92 Å². The standard InChI is InChI=1S/C19H22F3N3O2/c1-13-5-2-3-8-17(13)27-12-18(26)24-15-10-23-25(11-15)16-7-4-6-14(9-16)19(20,21)22/h4,6-7,9-11,13,17H,2-3,5,8,12H2,1H3,(H,24,26)/t13-,17-/m0/s1. The lowest BCUT2D eigenvalue weighted by Crippen LogP contribution is -2.29. The molecule has 0 spiro atoms. The molecule has 1 N–H and O–H groups in total. The molecule has 1 aromatic carbocycles. The normalized spacial score (nSPS) is 20.4. The lowest BCUT2D eigenvalue weighted by Gasteiger charge is -2.28.